The van der Waals surface area contributed by atoms with Crippen LogP contribution >= 0.6 is 0 Å². The lowest BCUT2D eigenvalue weighted by Gasteiger charge is -2.13. The van der Waals surface area contributed by atoms with Crippen LogP contribution < -0.4 is 5.32 Å². The fraction of sp³-hybridized carbons (Fsp3) is 0.250. The minimum atomic E-state index is -1.37. The molecule has 1 rings (SSSR count). The van der Waals surface area contributed by atoms with Crippen molar-refractivity contribution in [2.75, 3.05) is 0 Å². The Morgan fingerprint density at radius 1 is 1.21 bits per heavy atom. The maximum atomic E-state index is 13.3. The summed E-state index contributed by atoms with van der Waals surface area (Å²) in [4.78, 5) is 32.9. The number of carbonyl (C=O) groups is 3. The highest BCUT2D eigenvalue weighted by atomic mass is 19.1. The van der Waals surface area contributed by atoms with Crippen LogP contribution in [0.2, 0.25) is 0 Å². The van der Waals surface area contributed by atoms with Crippen molar-refractivity contribution in [3.05, 3.63) is 35.6 Å². The predicted octanol–water partition coefficient (Wildman–Crippen LogP) is 0.873. The standard InChI is InChI=1S/C12H12FNO5/c13-8-4-2-1-3-7(8)11(17)14-9(12(18)19)5-6-10(15)16/h1-4,9H,5-6H2,(H,14,17)(H,15,16)(H,18,19)/t9-/m0/s1. The summed E-state index contributed by atoms with van der Waals surface area (Å²) in [6, 6.07) is 3.74. The third-order valence-electron chi connectivity index (χ3n) is 2.37. The highest BCUT2D eigenvalue weighted by molar-refractivity contribution is 5.96. The van der Waals surface area contributed by atoms with Gasteiger partial charge in [-0.05, 0) is 18.6 Å². The van der Waals surface area contributed by atoms with Crippen molar-refractivity contribution in [2.45, 2.75) is 18.9 Å². The first-order valence-corrected chi connectivity index (χ1v) is 5.42. The smallest absolute Gasteiger partial charge is 0.326 e. The van der Waals surface area contributed by atoms with Gasteiger partial charge < -0.3 is 15.5 Å². The molecule has 6 nitrogen and oxygen atoms in total. The second-order valence-corrected chi connectivity index (χ2v) is 3.78. The fourth-order valence-corrected chi connectivity index (χ4v) is 1.41. The molecule has 1 aromatic rings. The van der Waals surface area contributed by atoms with Crippen LogP contribution in [0.25, 0.3) is 0 Å². The van der Waals surface area contributed by atoms with E-state index in [0.717, 1.165) is 6.07 Å². The second-order valence-electron chi connectivity index (χ2n) is 3.78. The van der Waals surface area contributed by atoms with Gasteiger partial charge in [-0.1, -0.05) is 12.1 Å². The van der Waals surface area contributed by atoms with Gasteiger partial charge in [0.25, 0.3) is 5.91 Å². The van der Waals surface area contributed by atoms with Crippen LogP contribution in [0.3, 0.4) is 0 Å². The third-order valence-corrected chi connectivity index (χ3v) is 2.37. The summed E-state index contributed by atoms with van der Waals surface area (Å²) >= 11 is 0. The highest BCUT2D eigenvalue weighted by Gasteiger charge is 2.22. The van der Waals surface area contributed by atoms with E-state index >= 15 is 0 Å². The van der Waals surface area contributed by atoms with E-state index in [9.17, 15) is 18.8 Å². The summed E-state index contributed by atoms with van der Waals surface area (Å²) in [7, 11) is 0. The van der Waals surface area contributed by atoms with E-state index in [0.29, 0.717) is 0 Å². The lowest BCUT2D eigenvalue weighted by atomic mass is 10.1. The van der Waals surface area contributed by atoms with E-state index < -0.39 is 36.1 Å². The van der Waals surface area contributed by atoms with E-state index in [2.05, 4.69) is 5.32 Å². The molecule has 0 saturated heterocycles. The normalized spacial score (nSPS) is 11.6. The highest BCUT2D eigenvalue weighted by Crippen LogP contribution is 2.07. The SMILES string of the molecule is O=C(O)CC[C@H](NC(=O)c1ccccc1F)C(=O)O. The summed E-state index contributed by atoms with van der Waals surface area (Å²) in [6.45, 7) is 0. The maximum absolute atomic E-state index is 13.3. The number of halogens is 1. The predicted molar refractivity (Wildman–Crippen MR) is 62.2 cm³/mol. The molecule has 102 valence electrons. The number of rotatable bonds is 6. The average Bonchev–Trinajstić information content (AvgIpc) is 2.34. The molecule has 0 aliphatic carbocycles. The van der Waals surface area contributed by atoms with Gasteiger partial charge in [0.05, 0.1) is 5.56 Å². The Morgan fingerprint density at radius 3 is 2.37 bits per heavy atom. The Morgan fingerprint density at radius 2 is 1.84 bits per heavy atom. The quantitative estimate of drug-likeness (QED) is 0.711. The van der Waals surface area contributed by atoms with Crippen LogP contribution in [0.4, 0.5) is 4.39 Å². The zero-order chi connectivity index (χ0) is 14.4. The van der Waals surface area contributed by atoms with Crippen molar-refractivity contribution < 1.29 is 29.0 Å². The first-order valence-electron chi connectivity index (χ1n) is 5.42. The second kappa shape index (κ2) is 6.48. The molecule has 0 heterocycles. The number of carboxylic acid groups (broad SMARTS) is 2. The number of amides is 1. The lowest BCUT2D eigenvalue weighted by molar-refractivity contribution is -0.140. The molecule has 1 atom stereocenters. The van der Waals surface area contributed by atoms with Gasteiger partial charge in [-0.25, -0.2) is 9.18 Å². The number of nitrogens with one attached hydrogen (secondary N) is 1. The molecular weight excluding hydrogens is 257 g/mol. The number of hydrogen-bond acceptors (Lipinski definition) is 3. The van der Waals surface area contributed by atoms with Gasteiger partial charge in [0.2, 0.25) is 0 Å². The Bertz CT molecular complexity index is 503. The molecule has 3 N–H and O–H groups in total. The van der Waals surface area contributed by atoms with Gasteiger partial charge >= 0.3 is 11.9 Å². The summed E-state index contributed by atoms with van der Waals surface area (Å²) in [5.41, 5.74) is -0.288. The molecule has 0 aliphatic heterocycles. The molecule has 0 bridgehead atoms. The zero-order valence-corrected chi connectivity index (χ0v) is 9.80. The Hall–Kier alpha value is -2.44. The summed E-state index contributed by atoms with van der Waals surface area (Å²) in [5.74, 6) is -4.21. The Labute approximate surface area is 107 Å². The molecule has 0 spiro atoms. The molecular formula is C12H12FNO5. The van der Waals surface area contributed by atoms with Crippen molar-refractivity contribution in [3.63, 3.8) is 0 Å². The molecule has 0 radical (unpaired) electrons. The van der Waals surface area contributed by atoms with Crippen LogP contribution in [0.15, 0.2) is 24.3 Å². The molecule has 0 fully saturated rings. The monoisotopic (exact) mass is 269 g/mol. The van der Waals surface area contributed by atoms with Gasteiger partial charge in [0.1, 0.15) is 11.9 Å². The lowest BCUT2D eigenvalue weighted by Crippen LogP contribution is -2.41. The topological polar surface area (TPSA) is 104 Å². The molecule has 7 heteroatoms. The minimum absolute atomic E-state index is 0.273. The molecule has 0 unspecified atom stereocenters. The molecule has 0 saturated carbocycles. The fourth-order valence-electron chi connectivity index (χ4n) is 1.41. The Kier molecular flexibility index (Phi) is 4.99. The van der Waals surface area contributed by atoms with Gasteiger partial charge in [-0.2, -0.15) is 0 Å². The maximum Gasteiger partial charge on any atom is 0.326 e. The van der Waals surface area contributed by atoms with Crippen molar-refractivity contribution in [2.24, 2.45) is 0 Å². The summed E-state index contributed by atoms with van der Waals surface area (Å²) in [6.07, 6.45) is -0.681. The number of hydrogen-bond donors (Lipinski definition) is 3. The van der Waals surface area contributed by atoms with Gasteiger partial charge in [-0.15, -0.1) is 0 Å². The van der Waals surface area contributed by atoms with Crippen LogP contribution in [-0.4, -0.2) is 34.1 Å². The van der Waals surface area contributed by atoms with Crippen LogP contribution in [0.5, 0.6) is 0 Å². The largest absolute Gasteiger partial charge is 0.481 e. The molecule has 0 aromatic heterocycles. The molecule has 0 aliphatic rings. The third kappa shape index (κ3) is 4.38. The van der Waals surface area contributed by atoms with Crippen molar-refractivity contribution in [1.82, 2.24) is 5.32 Å². The van der Waals surface area contributed by atoms with Gasteiger partial charge in [0, 0.05) is 6.42 Å². The number of carbonyl (C=O) groups excluding carboxylic acids is 1. The average molecular weight is 269 g/mol. The van der Waals surface area contributed by atoms with Crippen LogP contribution in [0, 0.1) is 5.82 Å². The van der Waals surface area contributed by atoms with Crippen molar-refractivity contribution >= 4 is 17.8 Å². The minimum Gasteiger partial charge on any atom is -0.481 e. The van der Waals surface area contributed by atoms with Gasteiger partial charge in [0.15, 0.2) is 0 Å². The number of aliphatic carboxylic acids is 2. The number of benzene rings is 1. The van der Waals surface area contributed by atoms with E-state index in [1.54, 1.807) is 0 Å². The van der Waals surface area contributed by atoms with Crippen molar-refractivity contribution in [3.8, 4) is 0 Å². The van der Waals surface area contributed by atoms with Crippen LogP contribution in [0.1, 0.15) is 23.2 Å². The van der Waals surface area contributed by atoms with E-state index in [1.165, 1.54) is 18.2 Å². The van der Waals surface area contributed by atoms with E-state index in [-0.39, 0.29) is 12.0 Å². The van der Waals surface area contributed by atoms with E-state index in [4.69, 9.17) is 10.2 Å². The molecule has 1 amide bonds. The number of carboxylic acids is 2. The first-order chi connectivity index (χ1) is 8.91. The summed E-state index contributed by atoms with van der Waals surface area (Å²) < 4.78 is 13.3. The zero-order valence-electron chi connectivity index (χ0n) is 9.80. The van der Waals surface area contributed by atoms with Crippen molar-refractivity contribution in [1.29, 1.82) is 0 Å². The summed E-state index contributed by atoms with van der Waals surface area (Å²) in [5, 5.41) is 19.4. The van der Waals surface area contributed by atoms with Gasteiger partial charge in [-0.3, -0.25) is 9.59 Å². The molecule has 1 aromatic carbocycles. The Balaban J connectivity index is 2.74. The first kappa shape index (κ1) is 14.6. The van der Waals surface area contributed by atoms with E-state index in [1.807, 2.05) is 0 Å². The van der Waals surface area contributed by atoms with Crippen LogP contribution in [-0.2, 0) is 9.59 Å². The molecule has 19 heavy (non-hydrogen) atoms.